The Hall–Kier alpha value is 0.140. The second-order valence-electron chi connectivity index (χ2n) is 3.96. The number of halogens is 1. The van der Waals surface area contributed by atoms with Gasteiger partial charge in [-0.25, -0.2) is 0 Å². The largest absolute Gasteiger partial charge is 0.309 e. The molecule has 0 aliphatic heterocycles. The maximum absolute atomic E-state index is 3.64. The van der Waals surface area contributed by atoms with Crippen LogP contribution >= 0.6 is 27.3 Å². The van der Waals surface area contributed by atoms with Gasteiger partial charge in [0.1, 0.15) is 0 Å². The first kappa shape index (κ1) is 13.2. The molecule has 0 spiro atoms. The van der Waals surface area contributed by atoms with Gasteiger partial charge in [0, 0.05) is 10.9 Å². The van der Waals surface area contributed by atoms with Gasteiger partial charge in [-0.15, -0.1) is 11.3 Å². The summed E-state index contributed by atoms with van der Waals surface area (Å²) < 4.78 is 1.23. The van der Waals surface area contributed by atoms with Crippen molar-refractivity contribution in [2.75, 3.05) is 6.54 Å². The zero-order valence-electron chi connectivity index (χ0n) is 9.72. The zero-order valence-corrected chi connectivity index (χ0v) is 12.1. The molecule has 0 saturated carbocycles. The maximum Gasteiger partial charge on any atom is 0.0701 e. The van der Waals surface area contributed by atoms with Crippen LogP contribution in [0, 0.1) is 5.92 Å². The molecule has 1 aromatic rings. The van der Waals surface area contributed by atoms with Crippen molar-refractivity contribution in [1.29, 1.82) is 0 Å². The van der Waals surface area contributed by atoms with Gasteiger partial charge in [0.15, 0.2) is 0 Å². The molecular formula is C12H20BrNS. The van der Waals surface area contributed by atoms with Crippen LogP contribution in [-0.2, 0) is 0 Å². The van der Waals surface area contributed by atoms with Gasteiger partial charge in [-0.2, -0.15) is 0 Å². The Morgan fingerprint density at radius 2 is 2.13 bits per heavy atom. The van der Waals surface area contributed by atoms with Crippen molar-refractivity contribution in [2.24, 2.45) is 5.92 Å². The van der Waals surface area contributed by atoms with Gasteiger partial charge >= 0.3 is 0 Å². The predicted octanol–water partition coefficient (Wildman–Crippen LogP) is 4.60. The summed E-state index contributed by atoms with van der Waals surface area (Å²) in [6.07, 6.45) is 2.41. The lowest BCUT2D eigenvalue weighted by Gasteiger charge is -2.23. The van der Waals surface area contributed by atoms with E-state index in [1.165, 1.54) is 21.5 Å². The third-order valence-electron chi connectivity index (χ3n) is 2.73. The topological polar surface area (TPSA) is 12.0 Å². The number of hydrogen-bond acceptors (Lipinski definition) is 2. The van der Waals surface area contributed by atoms with Gasteiger partial charge in [-0.1, -0.05) is 27.2 Å². The number of thiophene rings is 1. The summed E-state index contributed by atoms with van der Waals surface area (Å²) in [5.74, 6) is 0.696. The summed E-state index contributed by atoms with van der Waals surface area (Å²) in [5.41, 5.74) is 0. The van der Waals surface area contributed by atoms with Gasteiger partial charge in [0.05, 0.1) is 3.79 Å². The van der Waals surface area contributed by atoms with E-state index in [9.17, 15) is 0 Å². The number of hydrogen-bond donors (Lipinski definition) is 1. The fraction of sp³-hybridized carbons (Fsp3) is 0.667. The van der Waals surface area contributed by atoms with E-state index in [2.05, 4.69) is 54.2 Å². The quantitative estimate of drug-likeness (QED) is 0.807. The summed E-state index contributed by atoms with van der Waals surface area (Å²) >= 11 is 5.37. The van der Waals surface area contributed by atoms with Crippen molar-refractivity contribution in [3.63, 3.8) is 0 Å². The average molecular weight is 290 g/mol. The molecule has 0 radical (unpaired) electrons. The molecule has 0 fully saturated rings. The lowest BCUT2D eigenvalue weighted by atomic mass is 9.98. The Labute approximate surface area is 105 Å². The fourth-order valence-corrected chi connectivity index (χ4v) is 3.25. The molecule has 1 rings (SSSR count). The third-order valence-corrected chi connectivity index (χ3v) is 4.43. The Morgan fingerprint density at radius 3 is 2.60 bits per heavy atom. The Balaban J connectivity index is 2.71. The van der Waals surface area contributed by atoms with Crippen LogP contribution in [0.15, 0.2) is 15.9 Å². The molecule has 15 heavy (non-hydrogen) atoms. The van der Waals surface area contributed by atoms with Gasteiger partial charge in [-0.3, -0.25) is 0 Å². The predicted molar refractivity (Wildman–Crippen MR) is 72.5 cm³/mol. The molecule has 86 valence electrons. The van der Waals surface area contributed by atoms with Crippen LogP contribution in [0.25, 0.3) is 0 Å². The van der Waals surface area contributed by atoms with Crippen LogP contribution in [0.3, 0.4) is 0 Å². The van der Waals surface area contributed by atoms with E-state index in [1.54, 1.807) is 0 Å². The molecule has 0 aliphatic rings. The number of rotatable bonds is 6. The van der Waals surface area contributed by atoms with E-state index in [1.807, 2.05) is 11.3 Å². The van der Waals surface area contributed by atoms with Gasteiger partial charge in [-0.05, 0) is 46.9 Å². The number of nitrogens with one attached hydrogen (secondary N) is 1. The van der Waals surface area contributed by atoms with E-state index >= 15 is 0 Å². The van der Waals surface area contributed by atoms with Crippen LogP contribution in [0.2, 0.25) is 0 Å². The fourth-order valence-electron chi connectivity index (χ4n) is 1.61. The van der Waals surface area contributed by atoms with Crippen molar-refractivity contribution in [2.45, 2.75) is 39.7 Å². The smallest absolute Gasteiger partial charge is 0.0701 e. The monoisotopic (exact) mass is 289 g/mol. The standard InChI is InChI=1S/C12H20BrNS/c1-4-8-14-12(9(3)5-2)10-6-7-11(13)15-10/h6-7,9,12,14H,4-5,8H2,1-3H3. The Kier molecular flexibility index (Phi) is 5.87. The van der Waals surface area contributed by atoms with Crippen molar-refractivity contribution < 1.29 is 0 Å². The molecule has 3 heteroatoms. The minimum atomic E-state index is 0.520. The van der Waals surface area contributed by atoms with Gasteiger partial charge in [0.2, 0.25) is 0 Å². The molecule has 2 atom stereocenters. The second-order valence-corrected chi connectivity index (χ2v) is 6.45. The minimum Gasteiger partial charge on any atom is -0.309 e. The van der Waals surface area contributed by atoms with Crippen LogP contribution < -0.4 is 5.32 Å². The first-order valence-corrected chi connectivity index (χ1v) is 7.28. The molecular weight excluding hydrogens is 270 g/mol. The minimum absolute atomic E-state index is 0.520. The van der Waals surface area contributed by atoms with Crippen molar-refractivity contribution in [1.82, 2.24) is 5.32 Å². The highest BCUT2D eigenvalue weighted by molar-refractivity contribution is 9.11. The highest BCUT2D eigenvalue weighted by Gasteiger charge is 2.18. The van der Waals surface area contributed by atoms with Crippen LogP contribution in [0.4, 0.5) is 0 Å². The molecule has 0 bridgehead atoms. The Morgan fingerprint density at radius 1 is 1.40 bits per heavy atom. The first-order valence-electron chi connectivity index (χ1n) is 5.67. The second kappa shape index (κ2) is 6.66. The van der Waals surface area contributed by atoms with Crippen molar-refractivity contribution >= 4 is 27.3 Å². The molecule has 1 nitrogen and oxygen atoms in total. The molecule has 0 saturated heterocycles. The zero-order chi connectivity index (χ0) is 11.3. The van der Waals surface area contributed by atoms with Crippen molar-refractivity contribution in [3.05, 3.63) is 20.8 Å². The molecule has 2 unspecified atom stereocenters. The van der Waals surface area contributed by atoms with Crippen LogP contribution in [0.5, 0.6) is 0 Å². The molecule has 1 N–H and O–H groups in total. The van der Waals surface area contributed by atoms with E-state index in [0.717, 1.165) is 6.54 Å². The summed E-state index contributed by atoms with van der Waals surface area (Å²) in [5, 5.41) is 3.64. The van der Waals surface area contributed by atoms with Gasteiger partial charge < -0.3 is 5.32 Å². The summed E-state index contributed by atoms with van der Waals surface area (Å²) in [6, 6.07) is 4.89. The Bertz CT molecular complexity index is 285. The van der Waals surface area contributed by atoms with Crippen molar-refractivity contribution in [3.8, 4) is 0 Å². The third kappa shape index (κ3) is 3.89. The maximum atomic E-state index is 3.64. The van der Waals surface area contributed by atoms with E-state index < -0.39 is 0 Å². The molecule has 0 amide bonds. The highest BCUT2D eigenvalue weighted by Crippen LogP contribution is 2.32. The molecule has 1 heterocycles. The highest BCUT2D eigenvalue weighted by atomic mass is 79.9. The molecule has 1 aromatic heterocycles. The summed E-state index contributed by atoms with van der Waals surface area (Å²) in [6.45, 7) is 7.89. The van der Waals surface area contributed by atoms with Gasteiger partial charge in [0.25, 0.3) is 0 Å². The lowest BCUT2D eigenvalue weighted by Crippen LogP contribution is -2.26. The van der Waals surface area contributed by atoms with Crippen LogP contribution in [-0.4, -0.2) is 6.54 Å². The summed E-state index contributed by atoms with van der Waals surface area (Å²) in [7, 11) is 0. The lowest BCUT2D eigenvalue weighted by molar-refractivity contribution is 0.382. The summed E-state index contributed by atoms with van der Waals surface area (Å²) in [4.78, 5) is 1.45. The SMILES string of the molecule is CCCNC(c1ccc(Br)s1)C(C)CC. The van der Waals surface area contributed by atoms with E-state index in [4.69, 9.17) is 0 Å². The first-order chi connectivity index (χ1) is 7.19. The molecule has 0 aromatic carbocycles. The van der Waals surface area contributed by atoms with E-state index in [-0.39, 0.29) is 0 Å². The van der Waals surface area contributed by atoms with E-state index in [0.29, 0.717) is 12.0 Å². The average Bonchev–Trinajstić information content (AvgIpc) is 2.65. The molecule has 0 aliphatic carbocycles. The normalized spacial score (nSPS) is 15.2. The van der Waals surface area contributed by atoms with Crippen LogP contribution in [0.1, 0.15) is 44.5 Å².